The summed E-state index contributed by atoms with van der Waals surface area (Å²) in [6, 6.07) is 0. The Morgan fingerprint density at radius 2 is 0.955 bits per heavy atom. The summed E-state index contributed by atoms with van der Waals surface area (Å²) in [6.45, 7) is 2.59. The first-order valence-electron chi connectivity index (χ1n) is 9.31. The van der Waals surface area contributed by atoms with Crippen LogP contribution in [0.2, 0.25) is 0 Å². The third kappa shape index (κ3) is 27.4. The van der Waals surface area contributed by atoms with Gasteiger partial charge in [0.15, 0.2) is 0 Å². The summed E-state index contributed by atoms with van der Waals surface area (Å²) in [5.41, 5.74) is 0. The van der Waals surface area contributed by atoms with Crippen molar-refractivity contribution in [1.29, 1.82) is 0 Å². The van der Waals surface area contributed by atoms with Crippen LogP contribution in [0, 0.1) is 24.7 Å². The maximum absolute atomic E-state index is 8.48. The smallest absolute Gasteiger partial charge is 0.0431 e. The first-order valence-corrected chi connectivity index (χ1v) is 9.31. The van der Waals surface area contributed by atoms with Gasteiger partial charge in [0.05, 0.1) is 0 Å². The normalized spacial score (nSPS) is 9.45. The van der Waals surface area contributed by atoms with Crippen molar-refractivity contribution in [2.75, 3.05) is 6.61 Å². The Hall–Kier alpha value is -0.920. The Bertz CT molecular complexity index is 228. The third-order valence-corrected chi connectivity index (χ3v) is 3.65. The van der Waals surface area contributed by atoms with Crippen LogP contribution in [-0.4, -0.2) is 11.7 Å². The van der Waals surface area contributed by atoms with Crippen LogP contribution in [0.25, 0.3) is 0 Å². The molecule has 0 amide bonds. The molecule has 0 fully saturated rings. The van der Waals surface area contributed by atoms with Gasteiger partial charge >= 0.3 is 0 Å². The van der Waals surface area contributed by atoms with E-state index >= 15 is 0 Å². The van der Waals surface area contributed by atoms with Gasteiger partial charge < -0.3 is 5.11 Å². The van der Waals surface area contributed by atoms with E-state index < -0.39 is 0 Å². The second kappa shape index (κ2) is 25.1. The van der Waals surface area contributed by atoms with Crippen molar-refractivity contribution in [2.45, 2.75) is 103 Å². The number of aliphatic hydroxyl groups excluding tert-OH is 1. The fourth-order valence-electron chi connectivity index (χ4n) is 2.23. The fourth-order valence-corrected chi connectivity index (χ4v) is 2.23. The highest BCUT2D eigenvalue weighted by atomic mass is 16.2. The molecule has 0 aliphatic carbocycles. The van der Waals surface area contributed by atoms with Crippen molar-refractivity contribution in [3.8, 4) is 24.7 Å². The summed E-state index contributed by atoms with van der Waals surface area (Å²) in [6.07, 6.45) is 28.6. The predicted octanol–water partition coefficient (Wildman–Crippen LogP) is 6.10. The van der Waals surface area contributed by atoms with Crippen LogP contribution in [0.3, 0.4) is 0 Å². The van der Waals surface area contributed by atoms with Gasteiger partial charge in [0.2, 0.25) is 0 Å². The van der Waals surface area contributed by atoms with Gasteiger partial charge in [-0.25, -0.2) is 0 Å². The Labute approximate surface area is 140 Å². The van der Waals surface area contributed by atoms with Gasteiger partial charge in [-0.1, -0.05) is 71.1 Å². The number of hydrogen-bond acceptors (Lipinski definition) is 1. The van der Waals surface area contributed by atoms with Crippen LogP contribution < -0.4 is 0 Å². The van der Waals surface area contributed by atoms with Gasteiger partial charge in [-0.05, 0) is 19.3 Å². The Morgan fingerprint density at radius 3 is 1.32 bits per heavy atom. The minimum atomic E-state index is 0.338. The summed E-state index contributed by atoms with van der Waals surface area (Å²) in [5, 5.41) is 8.48. The highest BCUT2D eigenvalue weighted by Crippen LogP contribution is 2.07. The monoisotopic (exact) mass is 306 g/mol. The van der Waals surface area contributed by atoms with E-state index in [0.717, 1.165) is 32.1 Å². The van der Waals surface area contributed by atoms with Crippen LogP contribution >= 0.6 is 0 Å². The third-order valence-electron chi connectivity index (χ3n) is 3.65. The molecule has 0 radical (unpaired) electrons. The molecule has 0 aromatic heterocycles. The summed E-state index contributed by atoms with van der Waals surface area (Å²) in [5.74, 6) is 5.30. The second-order valence-electron chi connectivity index (χ2n) is 5.87. The van der Waals surface area contributed by atoms with E-state index in [1.807, 2.05) is 0 Å². The first-order chi connectivity index (χ1) is 10.8. The summed E-state index contributed by atoms with van der Waals surface area (Å²) in [4.78, 5) is 0. The lowest BCUT2D eigenvalue weighted by Crippen LogP contribution is -1.83. The molecule has 0 atom stereocenters. The summed E-state index contributed by atoms with van der Waals surface area (Å²) < 4.78 is 0. The topological polar surface area (TPSA) is 20.2 Å². The molecule has 0 aliphatic rings. The first kappa shape index (κ1) is 23.3. The Morgan fingerprint density at radius 1 is 0.591 bits per heavy atom. The molecule has 0 aliphatic heterocycles. The highest BCUT2D eigenvalue weighted by Gasteiger charge is 1.89. The van der Waals surface area contributed by atoms with Gasteiger partial charge in [-0.15, -0.1) is 24.7 Å². The number of terminal acetylenes is 2. The largest absolute Gasteiger partial charge is 0.396 e. The fraction of sp³-hybridized carbons (Fsp3) is 0.810. The highest BCUT2D eigenvalue weighted by molar-refractivity contribution is 4.83. The Balaban J connectivity index is 0. The molecule has 0 heterocycles. The van der Waals surface area contributed by atoms with Crippen molar-refractivity contribution in [2.24, 2.45) is 0 Å². The van der Waals surface area contributed by atoms with Crippen LogP contribution in [0.15, 0.2) is 0 Å². The molecule has 1 heteroatoms. The molecule has 1 N–H and O–H groups in total. The molecule has 0 aromatic carbocycles. The molecule has 1 nitrogen and oxygen atoms in total. The molecule has 0 rings (SSSR count). The number of rotatable bonds is 14. The molecule has 0 bridgehead atoms. The van der Waals surface area contributed by atoms with Crippen molar-refractivity contribution < 1.29 is 5.11 Å². The molecule has 22 heavy (non-hydrogen) atoms. The lowest BCUT2D eigenvalue weighted by Gasteiger charge is -1.97. The van der Waals surface area contributed by atoms with Gasteiger partial charge in [0.25, 0.3) is 0 Å². The van der Waals surface area contributed by atoms with E-state index in [9.17, 15) is 0 Å². The van der Waals surface area contributed by atoms with Crippen molar-refractivity contribution in [1.82, 2.24) is 0 Å². The molecule has 0 unspecified atom stereocenters. The van der Waals surface area contributed by atoms with E-state index in [0.29, 0.717) is 6.61 Å². The average Bonchev–Trinajstić information content (AvgIpc) is 2.54. The minimum Gasteiger partial charge on any atom is -0.396 e. The standard InChI is InChI=1S/C11H20.C10H18O/c1-3-5-7-9-11-10-8-6-4-2;1-2-3-4-5-6-7-8-9-10-11/h1H,4-11H2,2H3;1,11H,3-10H2. The molecule has 0 saturated carbocycles. The van der Waals surface area contributed by atoms with Gasteiger partial charge in [-0.2, -0.15) is 0 Å². The van der Waals surface area contributed by atoms with E-state index in [1.54, 1.807) is 0 Å². The van der Waals surface area contributed by atoms with Crippen molar-refractivity contribution >= 4 is 0 Å². The van der Waals surface area contributed by atoms with Gasteiger partial charge in [-0.3, -0.25) is 0 Å². The summed E-state index contributed by atoms with van der Waals surface area (Å²) in [7, 11) is 0. The summed E-state index contributed by atoms with van der Waals surface area (Å²) >= 11 is 0. The zero-order valence-electron chi connectivity index (χ0n) is 14.9. The van der Waals surface area contributed by atoms with Crippen LogP contribution in [0.5, 0.6) is 0 Å². The van der Waals surface area contributed by atoms with E-state index in [2.05, 4.69) is 18.8 Å². The lowest BCUT2D eigenvalue weighted by molar-refractivity contribution is 0.282. The van der Waals surface area contributed by atoms with E-state index in [-0.39, 0.29) is 0 Å². The number of unbranched alkanes of at least 4 members (excludes halogenated alkanes) is 13. The molecule has 0 aromatic rings. The van der Waals surface area contributed by atoms with Gasteiger partial charge in [0, 0.05) is 19.4 Å². The average molecular weight is 307 g/mol. The SMILES string of the molecule is C#CCCCCCCCCC.C#CCCCCCCCCO. The Kier molecular flexibility index (Phi) is 26.6. The van der Waals surface area contributed by atoms with E-state index in [1.165, 1.54) is 64.2 Å². The second-order valence-corrected chi connectivity index (χ2v) is 5.87. The molecule has 0 spiro atoms. The molecule has 0 saturated heterocycles. The van der Waals surface area contributed by atoms with Crippen LogP contribution in [0.4, 0.5) is 0 Å². The van der Waals surface area contributed by atoms with Crippen LogP contribution in [-0.2, 0) is 0 Å². The van der Waals surface area contributed by atoms with E-state index in [4.69, 9.17) is 18.0 Å². The van der Waals surface area contributed by atoms with Crippen molar-refractivity contribution in [3.63, 3.8) is 0 Å². The molecule has 128 valence electrons. The maximum Gasteiger partial charge on any atom is 0.0431 e. The molecular weight excluding hydrogens is 268 g/mol. The molecular formula is C21H38O. The number of aliphatic hydroxyl groups is 1. The predicted molar refractivity (Wildman–Crippen MR) is 99.7 cm³/mol. The lowest BCUT2D eigenvalue weighted by atomic mass is 10.1. The zero-order valence-corrected chi connectivity index (χ0v) is 14.9. The zero-order chi connectivity index (χ0) is 16.7. The minimum absolute atomic E-state index is 0.338. The number of hydrogen-bond donors (Lipinski definition) is 1. The van der Waals surface area contributed by atoms with Gasteiger partial charge in [0.1, 0.15) is 0 Å². The quantitative estimate of drug-likeness (QED) is 0.303. The van der Waals surface area contributed by atoms with Crippen molar-refractivity contribution in [3.05, 3.63) is 0 Å². The van der Waals surface area contributed by atoms with Crippen LogP contribution in [0.1, 0.15) is 103 Å². The maximum atomic E-state index is 8.48.